The first-order chi connectivity index (χ1) is 17.0. The van der Waals surface area contributed by atoms with Crippen LogP contribution in [0.5, 0.6) is 17.2 Å². The van der Waals surface area contributed by atoms with Crippen molar-refractivity contribution in [1.82, 2.24) is 14.9 Å². The van der Waals surface area contributed by atoms with Gasteiger partial charge in [-0.1, -0.05) is 35.9 Å². The van der Waals surface area contributed by atoms with E-state index in [9.17, 15) is 4.79 Å². The first kappa shape index (κ1) is 23.9. The number of amides is 1. The molecule has 1 heterocycles. The summed E-state index contributed by atoms with van der Waals surface area (Å²) >= 11 is 0. The number of rotatable bonds is 9. The van der Waals surface area contributed by atoms with E-state index >= 15 is 0 Å². The molecule has 0 aliphatic rings. The quantitative estimate of drug-likeness (QED) is 0.378. The van der Waals surface area contributed by atoms with E-state index < -0.39 is 6.04 Å². The zero-order valence-corrected chi connectivity index (χ0v) is 20.3. The number of carbonyl (C=O) groups excluding carboxylic acids is 1. The summed E-state index contributed by atoms with van der Waals surface area (Å²) in [7, 11) is 5.07. The fourth-order valence-electron chi connectivity index (χ4n) is 3.86. The molecule has 0 saturated heterocycles. The number of benzene rings is 3. The van der Waals surface area contributed by atoms with Gasteiger partial charge in [0.25, 0.3) is 5.91 Å². The van der Waals surface area contributed by atoms with Crippen LogP contribution >= 0.6 is 0 Å². The second-order valence-electron chi connectivity index (χ2n) is 8.25. The Kier molecular flexibility index (Phi) is 7.35. The molecular weight excluding hydrogens is 442 g/mol. The molecule has 0 fully saturated rings. The SMILES string of the molecule is COc1cc(OC)cc(C(NC(=O)c2cccc(OCc3cccc(C)c3)c2)c2nccn2C)c1. The molecule has 4 aromatic rings. The predicted octanol–water partition coefficient (Wildman–Crippen LogP) is 4.84. The van der Waals surface area contributed by atoms with Crippen LogP contribution in [0, 0.1) is 6.92 Å². The van der Waals surface area contributed by atoms with E-state index in [1.54, 1.807) is 38.6 Å². The Morgan fingerprint density at radius 3 is 2.37 bits per heavy atom. The third kappa shape index (κ3) is 5.81. The number of aryl methyl sites for hydroxylation is 2. The van der Waals surface area contributed by atoms with Gasteiger partial charge < -0.3 is 24.1 Å². The number of ether oxygens (including phenoxy) is 3. The van der Waals surface area contributed by atoms with Crippen molar-refractivity contribution < 1.29 is 19.0 Å². The summed E-state index contributed by atoms with van der Waals surface area (Å²) in [5.74, 6) is 2.30. The van der Waals surface area contributed by atoms with Crippen LogP contribution in [0.15, 0.2) is 79.1 Å². The number of carbonyl (C=O) groups is 1. The van der Waals surface area contributed by atoms with Gasteiger partial charge in [0.15, 0.2) is 0 Å². The molecule has 1 aromatic heterocycles. The van der Waals surface area contributed by atoms with Gasteiger partial charge in [-0.2, -0.15) is 0 Å². The summed E-state index contributed by atoms with van der Waals surface area (Å²) in [5, 5.41) is 3.12. The Morgan fingerprint density at radius 2 is 1.71 bits per heavy atom. The number of hydrogen-bond acceptors (Lipinski definition) is 5. The van der Waals surface area contributed by atoms with Crippen LogP contribution in [0.25, 0.3) is 0 Å². The normalized spacial score (nSPS) is 11.5. The molecule has 7 heteroatoms. The van der Waals surface area contributed by atoms with Gasteiger partial charge in [-0.05, 0) is 48.4 Å². The Hall–Kier alpha value is -4.26. The maximum absolute atomic E-state index is 13.3. The fourth-order valence-corrected chi connectivity index (χ4v) is 3.86. The van der Waals surface area contributed by atoms with E-state index in [-0.39, 0.29) is 5.91 Å². The highest BCUT2D eigenvalue weighted by Crippen LogP contribution is 2.30. The van der Waals surface area contributed by atoms with Crippen LogP contribution in [0.2, 0.25) is 0 Å². The van der Waals surface area contributed by atoms with E-state index in [1.165, 1.54) is 5.56 Å². The Bertz CT molecular complexity index is 1290. The largest absolute Gasteiger partial charge is 0.497 e. The summed E-state index contributed by atoms with van der Waals surface area (Å²) in [4.78, 5) is 17.8. The zero-order chi connectivity index (χ0) is 24.8. The number of aromatic nitrogens is 2. The molecule has 1 N–H and O–H groups in total. The summed E-state index contributed by atoms with van der Waals surface area (Å²) in [6, 6.07) is 20.3. The van der Waals surface area contributed by atoms with Gasteiger partial charge in [0.1, 0.15) is 35.7 Å². The molecule has 7 nitrogen and oxygen atoms in total. The average molecular weight is 472 g/mol. The van der Waals surface area contributed by atoms with Gasteiger partial charge in [-0.25, -0.2) is 4.98 Å². The topological polar surface area (TPSA) is 74.6 Å². The van der Waals surface area contributed by atoms with E-state index in [1.807, 2.05) is 67.2 Å². The molecular formula is C28H29N3O4. The smallest absolute Gasteiger partial charge is 0.252 e. The average Bonchev–Trinajstić information content (AvgIpc) is 3.31. The van der Waals surface area contributed by atoms with Gasteiger partial charge >= 0.3 is 0 Å². The summed E-state index contributed by atoms with van der Waals surface area (Å²) < 4.78 is 18.7. The lowest BCUT2D eigenvalue weighted by molar-refractivity contribution is 0.0940. The van der Waals surface area contributed by atoms with Gasteiger partial charge in [0, 0.05) is 31.1 Å². The molecule has 180 valence electrons. The van der Waals surface area contributed by atoms with E-state index in [0.717, 1.165) is 11.1 Å². The third-order valence-electron chi connectivity index (χ3n) is 5.68. The fraction of sp³-hybridized carbons (Fsp3) is 0.214. The molecule has 4 rings (SSSR count). The van der Waals surface area contributed by atoms with Crippen molar-refractivity contribution >= 4 is 5.91 Å². The third-order valence-corrected chi connectivity index (χ3v) is 5.68. The standard InChI is InChI=1S/C28H29N3O4/c1-19-7-5-8-20(13-19)18-35-23-10-6-9-21(14-23)28(32)30-26(27-29-11-12-31(27)2)22-15-24(33-3)17-25(16-22)34-4/h5-17,26H,18H2,1-4H3,(H,30,32). The lowest BCUT2D eigenvalue weighted by Gasteiger charge is -2.21. The molecule has 35 heavy (non-hydrogen) atoms. The molecule has 3 aromatic carbocycles. The van der Waals surface area contributed by atoms with Crippen LogP contribution in [0.4, 0.5) is 0 Å². The van der Waals surface area contributed by atoms with Crippen LogP contribution in [-0.2, 0) is 13.7 Å². The van der Waals surface area contributed by atoms with Crippen molar-refractivity contribution in [1.29, 1.82) is 0 Å². The van der Waals surface area contributed by atoms with Crippen molar-refractivity contribution in [2.24, 2.45) is 7.05 Å². The van der Waals surface area contributed by atoms with Crippen molar-refractivity contribution in [3.05, 3.63) is 107 Å². The minimum atomic E-state index is -0.525. The molecule has 0 spiro atoms. The van der Waals surface area contributed by atoms with Crippen molar-refractivity contribution in [2.75, 3.05) is 14.2 Å². The van der Waals surface area contributed by atoms with Crippen molar-refractivity contribution in [3.8, 4) is 17.2 Å². The summed E-state index contributed by atoms with van der Waals surface area (Å²) in [6.07, 6.45) is 3.54. The molecule has 0 saturated carbocycles. The summed E-state index contributed by atoms with van der Waals surface area (Å²) in [5.41, 5.74) is 3.52. The number of nitrogens with one attached hydrogen (secondary N) is 1. The zero-order valence-electron chi connectivity index (χ0n) is 20.3. The van der Waals surface area contributed by atoms with E-state index in [2.05, 4.69) is 16.4 Å². The maximum atomic E-state index is 13.3. The van der Waals surface area contributed by atoms with Crippen molar-refractivity contribution in [2.45, 2.75) is 19.6 Å². The highest BCUT2D eigenvalue weighted by molar-refractivity contribution is 5.95. The lowest BCUT2D eigenvalue weighted by atomic mass is 10.0. The van der Waals surface area contributed by atoms with Gasteiger partial charge in [0.2, 0.25) is 0 Å². The molecule has 0 radical (unpaired) electrons. The van der Waals surface area contributed by atoms with Crippen LogP contribution in [0.1, 0.15) is 38.9 Å². The predicted molar refractivity (Wildman–Crippen MR) is 134 cm³/mol. The Labute approximate surface area is 205 Å². The molecule has 0 bridgehead atoms. The second-order valence-corrected chi connectivity index (χ2v) is 8.25. The number of nitrogens with zero attached hydrogens (tertiary/aromatic N) is 2. The minimum Gasteiger partial charge on any atom is -0.497 e. The highest BCUT2D eigenvalue weighted by atomic mass is 16.5. The first-order valence-corrected chi connectivity index (χ1v) is 11.3. The molecule has 0 aliphatic heterocycles. The van der Waals surface area contributed by atoms with Crippen LogP contribution in [-0.4, -0.2) is 29.7 Å². The lowest BCUT2D eigenvalue weighted by Crippen LogP contribution is -2.31. The van der Waals surface area contributed by atoms with Gasteiger partial charge in [-0.15, -0.1) is 0 Å². The first-order valence-electron chi connectivity index (χ1n) is 11.3. The van der Waals surface area contributed by atoms with E-state index in [4.69, 9.17) is 14.2 Å². The Morgan fingerprint density at radius 1 is 0.971 bits per heavy atom. The van der Waals surface area contributed by atoms with Crippen molar-refractivity contribution in [3.63, 3.8) is 0 Å². The maximum Gasteiger partial charge on any atom is 0.252 e. The molecule has 1 unspecified atom stereocenters. The van der Waals surface area contributed by atoms with E-state index in [0.29, 0.717) is 35.2 Å². The number of imidazole rings is 1. The van der Waals surface area contributed by atoms with Crippen LogP contribution < -0.4 is 19.5 Å². The van der Waals surface area contributed by atoms with Crippen LogP contribution in [0.3, 0.4) is 0 Å². The minimum absolute atomic E-state index is 0.249. The van der Waals surface area contributed by atoms with Gasteiger partial charge in [0.05, 0.1) is 14.2 Å². The molecule has 1 amide bonds. The summed E-state index contributed by atoms with van der Waals surface area (Å²) in [6.45, 7) is 2.47. The van der Waals surface area contributed by atoms with Gasteiger partial charge in [-0.3, -0.25) is 4.79 Å². The molecule has 0 aliphatic carbocycles. The second kappa shape index (κ2) is 10.8. The molecule has 1 atom stereocenters. The highest BCUT2D eigenvalue weighted by Gasteiger charge is 2.23. The Balaban J connectivity index is 1.58. The number of methoxy groups -OCH3 is 2. The number of hydrogen-bond donors (Lipinski definition) is 1. The monoisotopic (exact) mass is 471 g/mol.